The van der Waals surface area contributed by atoms with Crippen molar-refractivity contribution in [3.05, 3.63) is 53.3 Å². The van der Waals surface area contributed by atoms with Crippen LogP contribution in [0.4, 0.5) is 17.6 Å². The first-order valence-electron chi connectivity index (χ1n) is 5.46. The zero-order chi connectivity index (χ0) is 14.2. The lowest BCUT2D eigenvalue weighted by Gasteiger charge is -2.11. The molecule has 0 unspecified atom stereocenters. The molecule has 0 aromatic heterocycles. The number of hydrogen-bond donors (Lipinski definition) is 1. The van der Waals surface area contributed by atoms with Crippen LogP contribution in [0.2, 0.25) is 0 Å². The molecule has 0 aliphatic heterocycles. The number of hydrogen-bond acceptors (Lipinski definition) is 1. The lowest BCUT2D eigenvalue weighted by molar-refractivity contribution is -0.137. The van der Waals surface area contributed by atoms with Crippen LogP contribution in [-0.2, 0) is 6.18 Å². The number of aromatic hydroxyl groups is 1. The fourth-order valence-electron chi connectivity index (χ4n) is 1.80. The third kappa shape index (κ3) is 2.70. The predicted molar refractivity (Wildman–Crippen MR) is 63.2 cm³/mol. The molecule has 0 atom stereocenters. The van der Waals surface area contributed by atoms with Gasteiger partial charge in [0.15, 0.2) is 0 Å². The maximum absolute atomic E-state index is 13.9. The molecule has 2 rings (SSSR count). The van der Waals surface area contributed by atoms with E-state index in [2.05, 4.69) is 0 Å². The molecule has 0 fully saturated rings. The van der Waals surface area contributed by atoms with Gasteiger partial charge in [-0.1, -0.05) is 18.2 Å². The van der Waals surface area contributed by atoms with Gasteiger partial charge in [0.2, 0.25) is 0 Å². The zero-order valence-electron chi connectivity index (χ0n) is 9.92. The Bertz CT molecular complexity index is 617. The molecule has 2 aromatic carbocycles. The van der Waals surface area contributed by atoms with Crippen molar-refractivity contribution < 1.29 is 22.7 Å². The first-order chi connectivity index (χ1) is 8.79. The number of halogens is 4. The van der Waals surface area contributed by atoms with E-state index in [0.29, 0.717) is 11.6 Å². The molecule has 0 radical (unpaired) electrons. The van der Waals surface area contributed by atoms with E-state index in [1.165, 1.54) is 19.1 Å². The molecule has 2 aromatic rings. The Hall–Kier alpha value is -2.04. The molecule has 0 spiro atoms. The largest absolute Gasteiger partial charge is 0.508 e. The van der Waals surface area contributed by atoms with E-state index in [9.17, 15) is 22.7 Å². The van der Waals surface area contributed by atoms with Gasteiger partial charge in [0.05, 0.1) is 5.56 Å². The summed E-state index contributed by atoms with van der Waals surface area (Å²) in [5.41, 5.74) is -0.660. The summed E-state index contributed by atoms with van der Waals surface area (Å²) < 4.78 is 51.8. The maximum atomic E-state index is 13.9. The molecule has 0 aliphatic carbocycles. The molecule has 0 amide bonds. The highest BCUT2D eigenvalue weighted by atomic mass is 19.4. The van der Waals surface area contributed by atoms with E-state index < -0.39 is 23.3 Å². The Labute approximate surface area is 107 Å². The van der Waals surface area contributed by atoms with Gasteiger partial charge in [-0.05, 0) is 36.2 Å². The summed E-state index contributed by atoms with van der Waals surface area (Å²) in [4.78, 5) is 0. The SMILES string of the molecule is Cc1cccc(-c2cc(O)cc(C(F)(F)F)c2)c1F. The predicted octanol–water partition coefficient (Wildman–Crippen LogP) is 4.53. The third-order valence-electron chi connectivity index (χ3n) is 2.75. The second-order valence-electron chi connectivity index (χ2n) is 4.20. The van der Waals surface area contributed by atoms with Crippen molar-refractivity contribution in [1.82, 2.24) is 0 Å². The summed E-state index contributed by atoms with van der Waals surface area (Å²) in [5.74, 6) is -1.15. The lowest BCUT2D eigenvalue weighted by atomic mass is 10.00. The Kier molecular flexibility index (Phi) is 3.22. The average Bonchev–Trinajstić information content (AvgIpc) is 2.31. The van der Waals surface area contributed by atoms with Crippen LogP contribution in [0, 0.1) is 12.7 Å². The second kappa shape index (κ2) is 4.57. The summed E-state index contributed by atoms with van der Waals surface area (Å²) in [6.07, 6.45) is -4.59. The summed E-state index contributed by atoms with van der Waals surface area (Å²) in [6.45, 7) is 1.52. The average molecular weight is 270 g/mol. The highest BCUT2D eigenvalue weighted by Crippen LogP contribution is 2.36. The van der Waals surface area contributed by atoms with Gasteiger partial charge in [-0.25, -0.2) is 4.39 Å². The zero-order valence-corrected chi connectivity index (χ0v) is 9.92. The quantitative estimate of drug-likeness (QED) is 0.755. The third-order valence-corrected chi connectivity index (χ3v) is 2.75. The lowest BCUT2D eigenvalue weighted by Crippen LogP contribution is -2.05. The van der Waals surface area contributed by atoms with Crippen molar-refractivity contribution in [3.8, 4) is 16.9 Å². The summed E-state index contributed by atoms with van der Waals surface area (Å²) in [6, 6.07) is 6.97. The van der Waals surface area contributed by atoms with Crippen LogP contribution in [0.1, 0.15) is 11.1 Å². The number of phenolic OH excluding ortho intramolecular Hbond substituents is 1. The molecule has 1 N–H and O–H groups in total. The van der Waals surface area contributed by atoms with Crippen molar-refractivity contribution >= 4 is 0 Å². The molecule has 0 saturated carbocycles. The van der Waals surface area contributed by atoms with Crippen LogP contribution >= 0.6 is 0 Å². The van der Waals surface area contributed by atoms with E-state index >= 15 is 0 Å². The van der Waals surface area contributed by atoms with E-state index in [1.807, 2.05) is 0 Å². The van der Waals surface area contributed by atoms with Crippen molar-refractivity contribution in [2.75, 3.05) is 0 Å². The van der Waals surface area contributed by atoms with Crippen molar-refractivity contribution in [2.45, 2.75) is 13.1 Å². The van der Waals surface area contributed by atoms with Crippen LogP contribution in [0.25, 0.3) is 11.1 Å². The minimum absolute atomic E-state index is 0.00600. The maximum Gasteiger partial charge on any atom is 0.416 e. The van der Waals surface area contributed by atoms with Gasteiger partial charge in [-0.3, -0.25) is 0 Å². The first-order valence-corrected chi connectivity index (χ1v) is 5.46. The van der Waals surface area contributed by atoms with E-state index in [4.69, 9.17) is 0 Å². The number of phenols is 1. The number of aryl methyl sites for hydroxylation is 1. The van der Waals surface area contributed by atoms with Crippen LogP contribution in [0.15, 0.2) is 36.4 Å². The molecule has 1 nitrogen and oxygen atoms in total. The molecule has 100 valence electrons. The van der Waals surface area contributed by atoms with Gasteiger partial charge in [0.25, 0.3) is 0 Å². The van der Waals surface area contributed by atoms with Gasteiger partial charge >= 0.3 is 6.18 Å². The molecule has 19 heavy (non-hydrogen) atoms. The van der Waals surface area contributed by atoms with Crippen molar-refractivity contribution in [3.63, 3.8) is 0 Å². The van der Waals surface area contributed by atoms with Crippen LogP contribution in [0.5, 0.6) is 5.75 Å². The molecule has 5 heteroatoms. The van der Waals surface area contributed by atoms with Gasteiger partial charge in [0.1, 0.15) is 11.6 Å². The molecular weight excluding hydrogens is 260 g/mol. The molecule has 0 heterocycles. The van der Waals surface area contributed by atoms with Crippen LogP contribution in [0.3, 0.4) is 0 Å². The number of alkyl halides is 3. The Morgan fingerprint density at radius 2 is 1.74 bits per heavy atom. The highest BCUT2D eigenvalue weighted by Gasteiger charge is 2.31. The Balaban J connectivity index is 2.63. The van der Waals surface area contributed by atoms with Crippen molar-refractivity contribution in [1.29, 1.82) is 0 Å². The van der Waals surface area contributed by atoms with Gasteiger partial charge in [0, 0.05) is 5.56 Å². The number of benzene rings is 2. The van der Waals surface area contributed by atoms with Crippen molar-refractivity contribution in [2.24, 2.45) is 0 Å². The fourth-order valence-corrected chi connectivity index (χ4v) is 1.80. The highest BCUT2D eigenvalue weighted by molar-refractivity contribution is 5.67. The molecular formula is C14H10F4O. The van der Waals surface area contributed by atoms with Gasteiger partial charge < -0.3 is 5.11 Å². The number of rotatable bonds is 1. The van der Waals surface area contributed by atoms with Crippen LogP contribution in [-0.4, -0.2) is 5.11 Å². The standard InChI is InChI=1S/C14H10F4O/c1-8-3-2-4-12(13(8)15)9-5-10(14(16,17)18)7-11(19)6-9/h2-7,19H,1H3. The molecule has 0 aliphatic rings. The normalized spacial score (nSPS) is 11.6. The van der Waals surface area contributed by atoms with Gasteiger partial charge in [-0.15, -0.1) is 0 Å². The fraction of sp³-hybridized carbons (Fsp3) is 0.143. The minimum atomic E-state index is -4.59. The molecule has 0 bridgehead atoms. The summed E-state index contributed by atoms with van der Waals surface area (Å²) in [7, 11) is 0. The Morgan fingerprint density at radius 1 is 1.05 bits per heavy atom. The van der Waals surface area contributed by atoms with Crippen LogP contribution < -0.4 is 0 Å². The summed E-state index contributed by atoms with van der Waals surface area (Å²) in [5, 5.41) is 9.36. The smallest absolute Gasteiger partial charge is 0.416 e. The van der Waals surface area contributed by atoms with E-state index in [0.717, 1.165) is 12.1 Å². The topological polar surface area (TPSA) is 20.2 Å². The first kappa shape index (κ1) is 13.4. The second-order valence-corrected chi connectivity index (χ2v) is 4.20. The monoisotopic (exact) mass is 270 g/mol. The van der Waals surface area contributed by atoms with Gasteiger partial charge in [-0.2, -0.15) is 13.2 Å². The van der Waals surface area contributed by atoms with E-state index in [1.54, 1.807) is 6.07 Å². The minimum Gasteiger partial charge on any atom is -0.508 e. The summed E-state index contributed by atoms with van der Waals surface area (Å²) >= 11 is 0. The van der Waals surface area contributed by atoms with E-state index in [-0.39, 0.29) is 11.1 Å². The Morgan fingerprint density at radius 3 is 2.37 bits per heavy atom. The molecule has 0 saturated heterocycles.